The van der Waals surface area contributed by atoms with Gasteiger partial charge < -0.3 is 15.2 Å². The van der Waals surface area contributed by atoms with Gasteiger partial charge in [0.25, 0.3) is 5.91 Å². The Morgan fingerprint density at radius 1 is 1.06 bits per heavy atom. The van der Waals surface area contributed by atoms with Crippen molar-refractivity contribution in [1.29, 1.82) is 0 Å². The summed E-state index contributed by atoms with van der Waals surface area (Å²) < 4.78 is 9.95. The second-order valence-corrected chi connectivity index (χ2v) is 7.36. The lowest BCUT2D eigenvalue weighted by atomic mass is 9.98. The summed E-state index contributed by atoms with van der Waals surface area (Å²) in [6, 6.07) is 15.9. The average molecular weight is 436 g/mol. The number of ether oxygens (including phenoxy) is 1. The Morgan fingerprint density at radius 3 is 2.31 bits per heavy atom. The maximum absolute atomic E-state index is 12.4. The molecule has 0 radical (unpaired) electrons. The number of benzene rings is 2. The molecule has 4 rings (SSSR count). The third kappa shape index (κ3) is 4.15. The van der Waals surface area contributed by atoms with Gasteiger partial charge in [0.1, 0.15) is 6.61 Å². The molecule has 2 amide bonds. The smallest absolute Gasteiger partial charge is 0.412 e. The number of nitrogens with one attached hydrogen (secondary N) is 2. The predicted octanol–water partition coefficient (Wildman–Crippen LogP) is 2.88. The fourth-order valence-corrected chi connectivity index (χ4v) is 3.57. The second-order valence-electron chi connectivity index (χ2n) is 7.36. The second kappa shape index (κ2) is 8.88. The zero-order chi connectivity index (χ0) is 22.7. The zero-order valence-corrected chi connectivity index (χ0v) is 17.1. The van der Waals surface area contributed by atoms with Crippen LogP contribution in [0.1, 0.15) is 34.5 Å². The Balaban J connectivity index is 1.39. The number of aromatic nitrogens is 2. The normalized spacial score (nSPS) is 13.0. The van der Waals surface area contributed by atoms with Crippen LogP contribution in [0.25, 0.3) is 11.1 Å². The zero-order valence-electron chi connectivity index (χ0n) is 17.1. The van der Waals surface area contributed by atoms with Gasteiger partial charge in [-0.25, -0.2) is 9.42 Å². The van der Waals surface area contributed by atoms with Gasteiger partial charge in [-0.3, -0.25) is 14.9 Å². The van der Waals surface area contributed by atoms with Crippen LogP contribution in [0.2, 0.25) is 0 Å². The topological polar surface area (TPSA) is 144 Å². The molecule has 1 heterocycles. The Bertz CT molecular complexity index is 1130. The molecule has 1 unspecified atom stereocenters. The van der Waals surface area contributed by atoms with Gasteiger partial charge in [0.2, 0.25) is 11.5 Å². The number of carbonyl (C=O) groups excluding carboxylic acids is 2. The predicted molar refractivity (Wildman–Crippen MR) is 112 cm³/mol. The van der Waals surface area contributed by atoms with E-state index in [9.17, 15) is 14.4 Å². The molecule has 1 aliphatic carbocycles. The third-order valence-electron chi connectivity index (χ3n) is 5.26. The Labute approximate surface area is 182 Å². The van der Waals surface area contributed by atoms with Crippen LogP contribution in [-0.2, 0) is 9.53 Å². The van der Waals surface area contributed by atoms with Gasteiger partial charge in [-0.05, 0) is 32.6 Å². The van der Waals surface area contributed by atoms with Crippen molar-refractivity contribution >= 4 is 23.8 Å². The summed E-state index contributed by atoms with van der Waals surface area (Å²) in [5.74, 6) is -2.92. The lowest BCUT2D eigenvalue weighted by Gasteiger charge is -2.14. The van der Waals surface area contributed by atoms with Gasteiger partial charge in [-0.15, -0.1) is 0 Å². The molecule has 3 N–H and O–H groups in total. The fraction of sp³-hybridized carbons (Fsp3) is 0.227. The largest absolute Gasteiger partial charge is 0.481 e. The molecule has 0 bridgehead atoms. The lowest BCUT2D eigenvalue weighted by Crippen LogP contribution is -2.32. The molecule has 0 spiro atoms. The number of rotatable bonds is 7. The van der Waals surface area contributed by atoms with Crippen LogP contribution in [-0.4, -0.2) is 46.5 Å². The molecule has 0 saturated heterocycles. The average Bonchev–Trinajstić information content (AvgIpc) is 3.38. The molecular weight excluding hydrogens is 416 g/mol. The van der Waals surface area contributed by atoms with Crippen LogP contribution in [0, 0.1) is 5.92 Å². The highest BCUT2D eigenvalue weighted by atomic mass is 16.6. The van der Waals surface area contributed by atoms with E-state index in [4.69, 9.17) is 9.84 Å². The first-order chi connectivity index (χ1) is 15.5. The highest BCUT2D eigenvalue weighted by Crippen LogP contribution is 2.44. The van der Waals surface area contributed by atoms with Crippen molar-refractivity contribution in [2.75, 3.05) is 18.5 Å². The number of hydrogen-bond donors (Lipinski definition) is 3. The minimum absolute atomic E-state index is 0.0861. The van der Waals surface area contributed by atoms with Crippen molar-refractivity contribution in [3.63, 3.8) is 0 Å². The van der Waals surface area contributed by atoms with E-state index >= 15 is 0 Å². The molecule has 164 valence electrons. The number of carboxylic acid groups (broad SMARTS) is 1. The van der Waals surface area contributed by atoms with Crippen molar-refractivity contribution in [1.82, 2.24) is 15.6 Å². The Hall–Kier alpha value is -4.21. The quantitative estimate of drug-likeness (QED) is 0.513. The van der Waals surface area contributed by atoms with Crippen LogP contribution in [0.3, 0.4) is 0 Å². The van der Waals surface area contributed by atoms with Gasteiger partial charge >= 0.3 is 12.1 Å². The number of nitrogens with zero attached hydrogens (tertiary/aromatic N) is 2. The monoisotopic (exact) mass is 436 g/mol. The van der Waals surface area contributed by atoms with Crippen molar-refractivity contribution in [2.24, 2.45) is 5.92 Å². The molecule has 0 aliphatic heterocycles. The fourth-order valence-electron chi connectivity index (χ4n) is 3.57. The number of aliphatic carboxylic acids is 1. The SMILES string of the molecule is CC(CNC(=O)c1nonc1NC(=O)OCC1c2ccccc2-c2ccccc21)C(=O)O. The van der Waals surface area contributed by atoms with E-state index in [1.165, 1.54) is 6.92 Å². The van der Waals surface area contributed by atoms with Crippen LogP contribution < -0.4 is 10.6 Å². The van der Waals surface area contributed by atoms with E-state index in [1.807, 2.05) is 48.5 Å². The molecule has 10 heteroatoms. The van der Waals surface area contributed by atoms with E-state index in [0.29, 0.717) is 0 Å². The minimum atomic E-state index is -1.06. The highest BCUT2D eigenvalue weighted by Gasteiger charge is 2.29. The first-order valence-electron chi connectivity index (χ1n) is 9.91. The molecule has 1 atom stereocenters. The van der Waals surface area contributed by atoms with Gasteiger partial charge in [-0.1, -0.05) is 55.5 Å². The third-order valence-corrected chi connectivity index (χ3v) is 5.26. The van der Waals surface area contributed by atoms with Crippen molar-refractivity contribution in [3.05, 3.63) is 65.4 Å². The number of fused-ring (bicyclic) bond motifs is 3. The maximum atomic E-state index is 12.4. The summed E-state index contributed by atoms with van der Waals surface area (Å²) in [6.45, 7) is 1.41. The molecular formula is C22H20N4O6. The van der Waals surface area contributed by atoms with Crippen LogP contribution >= 0.6 is 0 Å². The summed E-state index contributed by atoms with van der Waals surface area (Å²) in [7, 11) is 0. The van der Waals surface area contributed by atoms with Crippen LogP contribution in [0.5, 0.6) is 0 Å². The minimum Gasteiger partial charge on any atom is -0.481 e. The molecule has 1 aliphatic rings. The van der Waals surface area contributed by atoms with E-state index in [-0.39, 0.29) is 30.6 Å². The molecule has 1 aromatic heterocycles. The molecule has 0 saturated carbocycles. The number of hydrogen-bond acceptors (Lipinski definition) is 7. The summed E-state index contributed by atoms with van der Waals surface area (Å²) in [4.78, 5) is 35.5. The van der Waals surface area contributed by atoms with Gasteiger partial charge in [0, 0.05) is 12.5 Å². The summed E-state index contributed by atoms with van der Waals surface area (Å²) in [6.07, 6.45) is -0.824. The highest BCUT2D eigenvalue weighted by molar-refractivity contribution is 5.99. The molecule has 0 fully saturated rings. The van der Waals surface area contributed by atoms with Crippen LogP contribution in [0.15, 0.2) is 53.2 Å². The molecule has 2 aromatic carbocycles. The first-order valence-corrected chi connectivity index (χ1v) is 9.91. The molecule has 10 nitrogen and oxygen atoms in total. The van der Waals surface area contributed by atoms with Gasteiger partial charge in [-0.2, -0.15) is 0 Å². The number of carbonyl (C=O) groups is 3. The number of carboxylic acids is 1. The van der Waals surface area contributed by atoms with E-state index in [0.717, 1.165) is 22.3 Å². The van der Waals surface area contributed by atoms with E-state index in [2.05, 4.69) is 25.6 Å². The summed E-state index contributed by atoms with van der Waals surface area (Å²) in [5, 5.41) is 20.6. The van der Waals surface area contributed by atoms with Crippen molar-refractivity contribution in [3.8, 4) is 11.1 Å². The van der Waals surface area contributed by atoms with Crippen molar-refractivity contribution < 1.29 is 28.9 Å². The van der Waals surface area contributed by atoms with Crippen molar-refractivity contribution in [2.45, 2.75) is 12.8 Å². The van der Waals surface area contributed by atoms with Gasteiger partial charge in [0.15, 0.2) is 0 Å². The number of anilines is 1. The van der Waals surface area contributed by atoms with E-state index in [1.54, 1.807) is 0 Å². The van der Waals surface area contributed by atoms with Crippen LogP contribution in [0.4, 0.5) is 10.6 Å². The summed E-state index contributed by atoms with van der Waals surface area (Å²) >= 11 is 0. The molecule has 32 heavy (non-hydrogen) atoms. The Morgan fingerprint density at radius 2 is 1.69 bits per heavy atom. The summed E-state index contributed by atoms with van der Waals surface area (Å²) in [5.41, 5.74) is 4.06. The van der Waals surface area contributed by atoms with E-state index < -0.39 is 23.9 Å². The maximum Gasteiger partial charge on any atom is 0.412 e. The number of amides is 2. The Kier molecular flexibility index (Phi) is 5.84. The molecule has 3 aromatic rings. The standard InChI is InChI=1S/C22H20N4O6/c1-12(21(28)29)10-23-20(27)18-19(26-32-25-18)24-22(30)31-11-17-15-8-4-2-6-13(15)14-7-3-5-9-16(14)17/h2-9,12,17H,10-11H2,1H3,(H,23,27)(H,28,29)(H,24,26,30). The van der Waals surface area contributed by atoms with Gasteiger partial charge in [0.05, 0.1) is 5.92 Å². The lowest BCUT2D eigenvalue weighted by molar-refractivity contribution is -0.140. The first kappa shape index (κ1) is 21.0.